The summed E-state index contributed by atoms with van der Waals surface area (Å²) in [7, 11) is -3.42. The van der Waals surface area contributed by atoms with E-state index in [0.717, 1.165) is 0 Å². The van der Waals surface area contributed by atoms with E-state index in [1.807, 2.05) is 13.8 Å². The summed E-state index contributed by atoms with van der Waals surface area (Å²) in [5.41, 5.74) is 6.11. The molecule has 0 saturated carbocycles. The van der Waals surface area contributed by atoms with E-state index < -0.39 is 10.0 Å². The molecule has 0 aliphatic carbocycles. The first-order valence-electron chi connectivity index (χ1n) is 4.98. The highest BCUT2D eigenvalue weighted by atomic mass is 79.9. The van der Waals surface area contributed by atoms with Crippen molar-refractivity contribution in [3.05, 3.63) is 22.7 Å². The molecule has 16 heavy (non-hydrogen) atoms. The molecule has 1 aromatic carbocycles. The van der Waals surface area contributed by atoms with E-state index in [0.29, 0.717) is 23.2 Å². The van der Waals surface area contributed by atoms with Gasteiger partial charge < -0.3 is 5.73 Å². The highest BCUT2D eigenvalue weighted by molar-refractivity contribution is 9.10. The van der Waals surface area contributed by atoms with Gasteiger partial charge in [0.1, 0.15) is 0 Å². The molecule has 0 aliphatic rings. The predicted molar refractivity (Wildman–Crippen MR) is 68.7 cm³/mol. The molecule has 0 saturated heterocycles. The summed E-state index contributed by atoms with van der Waals surface area (Å²) < 4.78 is 26.3. The van der Waals surface area contributed by atoms with E-state index in [-0.39, 0.29) is 4.90 Å². The highest BCUT2D eigenvalue weighted by Crippen LogP contribution is 2.26. The van der Waals surface area contributed by atoms with Gasteiger partial charge in [-0.05, 0) is 34.1 Å². The molecule has 0 bridgehead atoms. The van der Waals surface area contributed by atoms with Crippen molar-refractivity contribution in [1.29, 1.82) is 0 Å². The van der Waals surface area contributed by atoms with E-state index >= 15 is 0 Å². The maximum absolute atomic E-state index is 12.2. The number of halogens is 1. The molecular weight excluding hydrogens is 292 g/mol. The Balaban J connectivity index is 3.27. The molecule has 0 amide bonds. The molecule has 0 fully saturated rings. The van der Waals surface area contributed by atoms with Gasteiger partial charge in [0.15, 0.2) is 0 Å². The molecule has 0 aliphatic heterocycles. The van der Waals surface area contributed by atoms with Crippen molar-refractivity contribution in [3.8, 4) is 0 Å². The molecule has 0 atom stereocenters. The second kappa shape index (κ2) is 5.16. The molecular formula is C10H15BrN2O2S. The zero-order chi connectivity index (χ0) is 12.3. The monoisotopic (exact) mass is 306 g/mol. The molecule has 1 aromatic rings. The third kappa shape index (κ3) is 2.56. The number of hydrogen-bond acceptors (Lipinski definition) is 3. The molecule has 90 valence electrons. The summed E-state index contributed by atoms with van der Waals surface area (Å²) in [6.45, 7) is 4.53. The number of rotatable bonds is 4. The third-order valence-electron chi connectivity index (χ3n) is 2.28. The Morgan fingerprint density at radius 3 is 2.31 bits per heavy atom. The van der Waals surface area contributed by atoms with Crippen LogP contribution in [0.25, 0.3) is 0 Å². The van der Waals surface area contributed by atoms with Crippen molar-refractivity contribution in [2.45, 2.75) is 18.7 Å². The topological polar surface area (TPSA) is 63.4 Å². The van der Waals surface area contributed by atoms with Crippen LogP contribution in [0.4, 0.5) is 5.69 Å². The van der Waals surface area contributed by atoms with Crippen LogP contribution >= 0.6 is 15.9 Å². The fourth-order valence-corrected chi connectivity index (χ4v) is 3.94. The van der Waals surface area contributed by atoms with Crippen LogP contribution in [0.3, 0.4) is 0 Å². The minimum atomic E-state index is -3.42. The zero-order valence-corrected chi connectivity index (χ0v) is 11.7. The standard InChI is InChI=1S/C10H15BrN2O2S/c1-3-13(4-2)16(14,15)10-6-5-8(12)7-9(10)11/h5-7H,3-4,12H2,1-2H3. The first-order chi connectivity index (χ1) is 7.43. The van der Waals surface area contributed by atoms with Gasteiger partial charge in [0.2, 0.25) is 10.0 Å². The molecule has 0 unspecified atom stereocenters. The van der Waals surface area contributed by atoms with Crippen LogP contribution in [0.2, 0.25) is 0 Å². The Morgan fingerprint density at radius 1 is 1.31 bits per heavy atom. The normalized spacial score (nSPS) is 12.0. The van der Waals surface area contributed by atoms with Gasteiger partial charge in [0.05, 0.1) is 4.90 Å². The van der Waals surface area contributed by atoms with Crippen molar-refractivity contribution in [3.63, 3.8) is 0 Å². The summed E-state index contributed by atoms with van der Waals surface area (Å²) in [5.74, 6) is 0. The van der Waals surface area contributed by atoms with Crippen molar-refractivity contribution < 1.29 is 8.42 Å². The average molecular weight is 307 g/mol. The van der Waals surface area contributed by atoms with Gasteiger partial charge in [-0.3, -0.25) is 0 Å². The van der Waals surface area contributed by atoms with Crippen LogP contribution in [0.15, 0.2) is 27.6 Å². The van der Waals surface area contributed by atoms with E-state index in [1.165, 1.54) is 10.4 Å². The van der Waals surface area contributed by atoms with E-state index in [1.54, 1.807) is 12.1 Å². The van der Waals surface area contributed by atoms with Crippen molar-refractivity contribution >= 4 is 31.6 Å². The van der Waals surface area contributed by atoms with Crippen LogP contribution in [0.5, 0.6) is 0 Å². The van der Waals surface area contributed by atoms with Gasteiger partial charge in [-0.25, -0.2) is 8.42 Å². The van der Waals surface area contributed by atoms with Crippen molar-refractivity contribution in [2.75, 3.05) is 18.8 Å². The van der Waals surface area contributed by atoms with Crippen molar-refractivity contribution in [1.82, 2.24) is 4.31 Å². The number of hydrogen-bond donors (Lipinski definition) is 1. The van der Waals surface area contributed by atoms with Gasteiger partial charge in [-0.15, -0.1) is 0 Å². The van der Waals surface area contributed by atoms with Gasteiger partial charge >= 0.3 is 0 Å². The number of anilines is 1. The highest BCUT2D eigenvalue weighted by Gasteiger charge is 2.23. The van der Waals surface area contributed by atoms with Crippen LogP contribution < -0.4 is 5.73 Å². The van der Waals surface area contributed by atoms with Crippen LogP contribution in [-0.2, 0) is 10.0 Å². The van der Waals surface area contributed by atoms with Gasteiger partial charge in [-0.2, -0.15) is 4.31 Å². The summed E-state index contributed by atoms with van der Waals surface area (Å²) in [5, 5.41) is 0. The fourth-order valence-electron chi connectivity index (χ4n) is 1.43. The number of nitrogen functional groups attached to an aromatic ring is 1. The second-order valence-corrected chi connectivity index (χ2v) is 6.04. The largest absolute Gasteiger partial charge is 0.399 e. The smallest absolute Gasteiger partial charge is 0.244 e. The molecule has 0 heterocycles. The Kier molecular flexibility index (Phi) is 4.35. The van der Waals surface area contributed by atoms with Crippen LogP contribution in [-0.4, -0.2) is 25.8 Å². The zero-order valence-electron chi connectivity index (χ0n) is 9.27. The molecule has 2 N–H and O–H groups in total. The predicted octanol–water partition coefficient (Wildman–Crippen LogP) is 2.06. The lowest BCUT2D eigenvalue weighted by molar-refractivity contribution is 0.445. The summed E-state index contributed by atoms with van der Waals surface area (Å²) in [6.07, 6.45) is 0. The van der Waals surface area contributed by atoms with E-state index in [4.69, 9.17) is 5.73 Å². The lowest BCUT2D eigenvalue weighted by Crippen LogP contribution is -2.30. The molecule has 0 spiro atoms. The van der Waals surface area contributed by atoms with Crippen LogP contribution in [0, 0.1) is 0 Å². The Morgan fingerprint density at radius 2 is 1.88 bits per heavy atom. The second-order valence-electron chi connectivity index (χ2n) is 3.28. The molecule has 0 aromatic heterocycles. The van der Waals surface area contributed by atoms with E-state index in [9.17, 15) is 8.42 Å². The number of nitrogens with two attached hydrogens (primary N) is 1. The minimum Gasteiger partial charge on any atom is -0.399 e. The lowest BCUT2D eigenvalue weighted by atomic mass is 10.3. The molecule has 6 heteroatoms. The Hall–Kier alpha value is -0.590. The fraction of sp³-hybridized carbons (Fsp3) is 0.400. The Bertz CT molecular complexity index is 470. The summed E-state index contributed by atoms with van der Waals surface area (Å²) in [6, 6.07) is 4.70. The van der Waals surface area contributed by atoms with Gasteiger partial charge in [0.25, 0.3) is 0 Å². The van der Waals surface area contributed by atoms with Crippen molar-refractivity contribution in [2.24, 2.45) is 0 Å². The Labute approximate surface area is 105 Å². The summed E-state index contributed by atoms with van der Waals surface area (Å²) >= 11 is 3.22. The van der Waals surface area contributed by atoms with Gasteiger partial charge in [0, 0.05) is 23.2 Å². The first kappa shape index (κ1) is 13.5. The number of benzene rings is 1. The number of sulfonamides is 1. The quantitative estimate of drug-likeness (QED) is 0.866. The maximum Gasteiger partial charge on any atom is 0.244 e. The maximum atomic E-state index is 12.2. The lowest BCUT2D eigenvalue weighted by Gasteiger charge is -2.19. The first-order valence-corrected chi connectivity index (χ1v) is 7.22. The SMILES string of the molecule is CCN(CC)S(=O)(=O)c1ccc(N)cc1Br. The van der Waals surface area contributed by atoms with E-state index in [2.05, 4.69) is 15.9 Å². The third-order valence-corrected chi connectivity index (χ3v) is 5.31. The number of nitrogens with zero attached hydrogens (tertiary/aromatic N) is 1. The van der Waals surface area contributed by atoms with Crippen LogP contribution in [0.1, 0.15) is 13.8 Å². The molecule has 0 radical (unpaired) electrons. The average Bonchev–Trinajstić information content (AvgIpc) is 2.18. The van der Waals surface area contributed by atoms with Gasteiger partial charge in [-0.1, -0.05) is 13.8 Å². The minimum absolute atomic E-state index is 0.255. The molecule has 4 nitrogen and oxygen atoms in total. The summed E-state index contributed by atoms with van der Waals surface area (Å²) in [4.78, 5) is 0.255. The molecule has 1 rings (SSSR count).